The van der Waals surface area contributed by atoms with Crippen molar-refractivity contribution in [1.29, 1.82) is 0 Å². The minimum Gasteiger partial charge on any atom is -0.484 e. The average molecular weight is 425 g/mol. The molecule has 0 aliphatic carbocycles. The lowest BCUT2D eigenvalue weighted by atomic mass is 10.0. The molecule has 5 nitrogen and oxygen atoms in total. The fourth-order valence-corrected chi connectivity index (χ4v) is 3.39. The Hall–Kier alpha value is -2.82. The van der Waals surface area contributed by atoms with Crippen molar-refractivity contribution < 1.29 is 14.3 Å². The molecular formula is C26H36N2O3. The molecule has 0 aromatic heterocycles. The first-order chi connectivity index (χ1) is 14.6. The monoisotopic (exact) mass is 424 g/mol. The summed E-state index contributed by atoms with van der Waals surface area (Å²) in [4.78, 5) is 27.9. The Balaban J connectivity index is 2.22. The van der Waals surface area contributed by atoms with E-state index in [-0.39, 0.29) is 24.0 Å². The molecule has 0 heterocycles. The van der Waals surface area contributed by atoms with Crippen molar-refractivity contribution in [3.05, 3.63) is 65.2 Å². The quantitative estimate of drug-likeness (QED) is 0.637. The Bertz CT molecular complexity index is 869. The van der Waals surface area contributed by atoms with E-state index in [4.69, 9.17) is 4.74 Å². The third-order valence-electron chi connectivity index (χ3n) is 5.18. The van der Waals surface area contributed by atoms with Crippen LogP contribution in [0.4, 0.5) is 0 Å². The molecule has 1 N–H and O–H groups in total. The molecular weight excluding hydrogens is 388 g/mol. The van der Waals surface area contributed by atoms with Gasteiger partial charge in [0.15, 0.2) is 6.61 Å². The number of rotatable bonds is 9. The normalized spacial score (nSPS) is 12.2. The number of nitrogens with zero attached hydrogens (tertiary/aromatic N) is 1. The number of nitrogens with one attached hydrogen (secondary N) is 1. The second-order valence-electron chi connectivity index (χ2n) is 8.90. The van der Waals surface area contributed by atoms with Crippen LogP contribution in [-0.4, -0.2) is 34.9 Å². The minimum absolute atomic E-state index is 0.114. The predicted octanol–water partition coefficient (Wildman–Crippen LogP) is 4.66. The van der Waals surface area contributed by atoms with E-state index in [1.54, 1.807) is 4.90 Å². The first kappa shape index (κ1) is 24.4. The van der Waals surface area contributed by atoms with Crippen molar-refractivity contribution >= 4 is 11.8 Å². The lowest BCUT2D eigenvalue weighted by molar-refractivity contribution is -0.143. The summed E-state index contributed by atoms with van der Waals surface area (Å²) < 4.78 is 5.77. The zero-order valence-corrected chi connectivity index (χ0v) is 19.7. The topological polar surface area (TPSA) is 58.6 Å². The number of benzene rings is 2. The van der Waals surface area contributed by atoms with Gasteiger partial charge in [-0.25, -0.2) is 0 Å². The number of hydrogen-bond donors (Lipinski definition) is 1. The maximum atomic E-state index is 13.2. The molecule has 0 fully saturated rings. The van der Waals surface area contributed by atoms with Crippen LogP contribution in [-0.2, 0) is 22.6 Å². The van der Waals surface area contributed by atoms with Crippen molar-refractivity contribution in [2.45, 2.75) is 72.5 Å². The third-order valence-corrected chi connectivity index (χ3v) is 5.18. The highest BCUT2D eigenvalue weighted by Crippen LogP contribution is 2.18. The predicted molar refractivity (Wildman–Crippen MR) is 125 cm³/mol. The third kappa shape index (κ3) is 7.42. The summed E-state index contributed by atoms with van der Waals surface area (Å²) in [6, 6.07) is 15.1. The van der Waals surface area contributed by atoms with Gasteiger partial charge in [0, 0.05) is 12.1 Å². The van der Waals surface area contributed by atoms with Crippen LogP contribution in [0.25, 0.3) is 0 Å². The molecule has 5 heteroatoms. The van der Waals surface area contributed by atoms with Crippen LogP contribution in [0.15, 0.2) is 48.5 Å². The summed E-state index contributed by atoms with van der Waals surface area (Å²) in [7, 11) is 0. The molecule has 0 saturated carbocycles. The molecule has 2 amide bonds. The van der Waals surface area contributed by atoms with Gasteiger partial charge in [0.1, 0.15) is 11.8 Å². The van der Waals surface area contributed by atoms with Crippen LogP contribution < -0.4 is 10.1 Å². The first-order valence-electron chi connectivity index (χ1n) is 11.0. The molecule has 31 heavy (non-hydrogen) atoms. The number of carbonyl (C=O) groups is 2. The second-order valence-corrected chi connectivity index (χ2v) is 8.90. The summed E-state index contributed by atoms with van der Waals surface area (Å²) in [6.07, 6.45) is 1.47. The Morgan fingerprint density at radius 2 is 1.68 bits per heavy atom. The molecule has 0 radical (unpaired) electrons. The average Bonchev–Trinajstić information content (AvgIpc) is 2.72. The zero-order valence-electron chi connectivity index (χ0n) is 19.7. The van der Waals surface area contributed by atoms with Gasteiger partial charge in [0.25, 0.3) is 5.91 Å². The summed E-state index contributed by atoms with van der Waals surface area (Å²) in [5.41, 5.74) is 2.94. The van der Waals surface area contributed by atoms with E-state index in [2.05, 4.69) is 12.2 Å². The van der Waals surface area contributed by atoms with E-state index >= 15 is 0 Å². The summed E-state index contributed by atoms with van der Waals surface area (Å²) >= 11 is 0. The maximum Gasteiger partial charge on any atom is 0.261 e. The Labute approximate surface area is 186 Å². The van der Waals surface area contributed by atoms with Crippen LogP contribution >= 0.6 is 0 Å². The molecule has 0 spiro atoms. The summed E-state index contributed by atoms with van der Waals surface area (Å²) in [5, 5.41) is 3.02. The van der Waals surface area contributed by atoms with Crippen LogP contribution in [0.1, 0.15) is 57.7 Å². The molecule has 2 rings (SSSR count). The van der Waals surface area contributed by atoms with Gasteiger partial charge in [0.2, 0.25) is 5.91 Å². The van der Waals surface area contributed by atoms with Gasteiger partial charge < -0.3 is 15.0 Å². The van der Waals surface area contributed by atoms with Gasteiger partial charge in [-0.3, -0.25) is 9.59 Å². The molecule has 0 aliphatic rings. The van der Waals surface area contributed by atoms with Crippen molar-refractivity contribution in [3.8, 4) is 5.75 Å². The number of aryl methyl sites for hydroxylation is 2. The van der Waals surface area contributed by atoms with E-state index in [1.165, 1.54) is 5.56 Å². The molecule has 168 valence electrons. The highest BCUT2D eigenvalue weighted by molar-refractivity contribution is 5.88. The smallest absolute Gasteiger partial charge is 0.261 e. The van der Waals surface area contributed by atoms with Gasteiger partial charge in [0.05, 0.1) is 0 Å². The fourth-order valence-electron chi connectivity index (χ4n) is 3.39. The van der Waals surface area contributed by atoms with E-state index in [0.29, 0.717) is 18.7 Å². The van der Waals surface area contributed by atoms with Crippen LogP contribution in [0.2, 0.25) is 0 Å². The molecule has 0 aliphatic heterocycles. The van der Waals surface area contributed by atoms with E-state index in [1.807, 2.05) is 83.1 Å². The van der Waals surface area contributed by atoms with E-state index in [0.717, 1.165) is 17.5 Å². The van der Waals surface area contributed by atoms with Crippen molar-refractivity contribution in [2.75, 3.05) is 6.61 Å². The van der Waals surface area contributed by atoms with Gasteiger partial charge in [-0.2, -0.15) is 0 Å². The van der Waals surface area contributed by atoms with Crippen molar-refractivity contribution in [1.82, 2.24) is 10.2 Å². The second kappa shape index (κ2) is 11.0. The highest BCUT2D eigenvalue weighted by Gasteiger charge is 2.31. The lowest BCUT2D eigenvalue weighted by Crippen LogP contribution is -2.54. The number of ether oxygens (including phenoxy) is 1. The molecule has 2 aromatic carbocycles. The largest absolute Gasteiger partial charge is 0.484 e. The molecule has 0 saturated heterocycles. The van der Waals surface area contributed by atoms with Gasteiger partial charge in [-0.1, -0.05) is 50.2 Å². The SMILES string of the molecule is CCc1ccc(OCC(=O)N(Cc2ccccc2C)[C@@H](CC)C(=O)NC(C)(C)C)cc1. The molecule has 2 aromatic rings. The van der Waals surface area contributed by atoms with Crippen LogP contribution in [0.3, 0.4) is 0 Å². The number of hydrogen-bond acceptors (Lipinski definition) is 3. The molecule has 0 unspecified atom stereocenters. The first-order valence-corrected chi connectivity index (χ1v) is 11.0. The molecule has 1 atom stereocenters. The van der Waals surface area contributed by atoms with Gasteiger partial charge in [-0.15, -0.1) is 0 Å². The standard InChI is InChI=1S/C26H36N2O3/c1-7-20-13-15-22(16-14-20)31-18-24(29)28(17-21-12-10-9-11-19(21)3)23(8-2)25(30)27-26(4,5)6/h9-16,23H,7-8,17-18H2,1-6H3,(H,27,30)/t23-/m0/s1. The van der Waals surface area contributed by atoms with Crippen LogP contribution in [0, 0.1) is 6.92 Å². The Morgan fingerprint density at radius 3 is 2.23 bits per heavy atom. The van der Waals surface area contributed by atoms with Crippen molar-refractivity contribution in [2.24, 2.45) is 0 Å². The van der Waals surface area contributed by atoms with Gasteiger partial charge in [-0.05, 0) is 69.4 Å². The summed E-state index contributed by atoms with van der Waals surface area (Å²) in [6.45, 7) is 12.1. The highest BCUT2D eigenvalue weighted by atomic mass is 16.5. The zero-order chi connectivity index (χ0) is 23.0. The van der Waals surface area contributed by atoms with Crippen LogP contribution in [0.5, 0.6) is 5.75 Å². The Kier molecular flexibility index (Phi) is 8.66. The Morgan fingerprint density at radius 1 is 1.03 bits per heavy atom. The minimum atomic E-state index is -0.572. The van der Waals surface area contributed by atoms with Crippen molar-refractivity contribution in [3.63, 3.8) is 0 Å². The maximum absolute atomic E-state index is 13.2. The summed E-state index contributed by atoms with van der Waals surface area (Å²) in [5.74, 6) is 0.288. The van der Waals surface area contributed by atoms with Gasteiger partial charge >= 0.3 is 0 Å². The van der Waals surface area contributed by atoms with E-state index in [9.17, 15) is 9.59 Å². The molecule has 0 bridgehead atoms. The number of amides is 2. The van der Waals surface area contributed by atoms with E-state index < -0.39 is 6.04 Å². The lowest BCUT2D eigenvalue weighted by Gasteiger charge is -2.33. The number of carbonyl (C=O) groups excluding carboxylic acids is 2. The fraction of sp³-hybridized carbons (Fsp3) is 0.462.